The molecule has 0 bridgehead atoms. The maximum absolute atomic E-state index is 11.8. The highest BCUT2D eigenvalue weighted by molar-refractivity contribution is 5.95. The number of carbonyl (C=O) groups excluding carboxylic acids is 3. The van der Waals surface area contributed by atoms with Gasteiger partial charge in [0, 0.05) is 18.1 Å². The summed E-state index contributed by atoms with van der Waals surface area (Å²) in [5, 5.41) is 1.93. The number of amides is 2. The molecule has 120 valence electrons. The van der Waals surface area contributed by atoms with E-state index in [2.05, 4.69) is 4.74 Å². The van der Waals surface area contributed by atoms with Gasteiger partial charge in [-0.15, -0.1) is 0 Å². The van der Waals surface area contributed by atoms with Crippen molar-refractivity contribution < 1.29 is 23.9 Å². The first-order valence-electron chi connectivity index (χ1n) is 6.97. The van der Waals surface area contributed by atoms with Gasteiger partial charge >= 0.3 is 12.1 Å². The quantitative estimate of drug-likeness (QED) is 0.851. The molecule has 2 aromatic rings. The minimum Gasteiger partial charge on any atom is -0.452 e. The number of alkyl carbamates (subject to hydrolysis) is 1. The van der Waals surface area contributed by atoms with Crippen LogP contribution in [0.2, 0.25) is 0 Å². The van der Waals surface area contributed by atoms with E-state index in [1.807, 2.05) is 34.4 Å². The van der Waals surface area contributed by atoms with Gasteiger partial charge in [0.2, 0.25) is 0 Å². The maximum Gasteiger partial charge on any atom is 0.413 e. The molecule has 2 rings (SSSR count). The highest BCUT2D eigenvalue weighted by Gasteiger charge is 2.13. The Hall–Kier alpha value is -3.09. The third-order valence-corrected chi connectivity index (χ3v) is 2.86. The molecule has 7 heteroatoms. The number of imide groups is 1. The number of hydrogen-bond donors (Lipinski definition) is 1. The van der Waals surface area contributed by atoms with Crippen molar-refractivity contribution in [2.24, 2.45) is 0 Å². The number of nitrogens with one attached hydrogen (secondary N) is 1. The average molecular weight is 316 g/mol. The van der Waals surface area contributed by atoms with E-state index >= 15 is 0 Å². The molecule has 23 heavy (non-hydrogen) atoms. The van der Waals surface area contributed by atoms with Crippen LogP contribution < -0.4 is 5.32 Å². The molecule has 1 aromatic heterocycles. The Kier molecular flexibility index (Phi) is 5.51. The summed E-state index contributed by atoms with van der Waals surface area (Å²) in [5.74, 6) is -1.40. The van der Waals surface area contributed by atoms with Crippen LogP contribution in [0.25, 0.3) is 5.69 Å². The Bertz CT molecular complexity index is 677. The molecular formula is C16H16N2O5. The molecule has 0 unspecified atom stereocenters. The number of carbonyl (C=O) groups is 3. The van der Waals surface area contributed by atoms with Crippen molar-refractivity contribution in [1.82, 2.24) is 9.88 Å². The average Bonchev–Trinajstić information content (AvgIpc) is 3.07. The van der Waals surface area contributed by atoms with Crippen LogP contribution in [-0.2, 0) is 14.3 Å². The summed E-state index contributed by atoms with van der Waals surface area (Å²) >= 11 is 0. The van der Waals surface area contributed by atoms with Gasteiger partial charge in [0.1, 0.15) is 0 Å². The zero-order valence-corrected chi connectivity index (χ0v) is 12.5. The third kappa shape index (κ3) is 4.70. The molecule has 0 fully saturated rings. The van der Waals surface area contributed by atoms with Crippen molar-refractivity contribution >= 4 is 18.0 Å². The number of rotatable bonds is 5. The first-order chi connectivity index (χ1) is 11.1. The van der Waals surface area contributed by atoms with Gasteiger partial charge in [0.25, 0.3) is 5.91 Å². The molecule has 0 saturated carbocycles. The van der Waals surface area contributed by atoms with E-state index in [-0.39, 0.29) is 6.61 Å². The Morgan fingerprint density at radius 3 is 2.30 bits per heavy atom. The Morgan fingerprint density at radius 2 is 1.70 bits per heavy atom. The fourth-order valence-corrected chi connectivity index (χ4v) is 1.81. The van der Waals surface area contributed by atoms with Crippen LogP contribution >= 0.6 is 0 Å². The number of hydrogen-bond acceptors (Lipinski definition) is 5. The number of ether oxygens (including phenoxy) is 2. The minimum absolute atomic E-state index is 0.145. The van der Waals surface area contributed by atoms with Crippen molar-refractivity contribution in [3.8, 4) is 5.69 Å². The van der Waals surface area contributed by atoms with Gasteiger partial charge in [-0.2, -0.15) is 0 Å². The number of benzene rings is 1. The van der Waals surface area contributed by atoms with Gasteiger partial charge < -0.3 is 14.0 Å². The lowest BCUT2D eigenvalue weighted by Gasteiger charge is -2.07. The van der Waals surface area contributed by atoms with Crippen LogP contribution in [-0.4, -0.2) is 35.8 Å². The summed E-state index contributed by atoms with van der Waals surface area (Å²) in [4.78, 5) is 34.2. The summed E-state index contributed by atoms with van der Waals surface area (Å²) in [6.07, 6.45) is 2.89. The molecule has 0 aliphatic heterocycles. The molecule has 1 heterocycles. The van der Waals surface area contributed by atoms with E-state index in [1.165, 1.54) is 0 Å². The fourth-order valence-electron chi connectivity index (χ4n) is 1.81. The molecule has 1 aromatic carbocycles. The van der Waals surface area contributed by atoms with E-state index in [1.54, 1.807) is 31.2 Å². The summed E-state index contributed by atoms with van der Waals surface area (Å²) in [6, 6.07) is 10.5. The highest BCUT2D eigenvalue weighted by atomic mass is 16.6. The van der Waals surface area contributed by atoms with Crippen molar-refractivity contribution in [2.75, 3.05) is 13.2 Å². The molecule has 0 spiro atoms. The van der Waals surface area contributed by atoms with Gasteiger partial charge in [-0.05, 0) is 43.3 Å². The lowest BCUT2D eigenvalue weighted by atomic mass is 10.2. The fraction of sp³-hybridized carbons (Fsp3) is 0.188. The Morgan fingerprint density at radius 1 is 1.04 bits per heavy atom. The monoisotopic (exact) mass is 316 g/mol. The lowest BCUT2D eigenvalue weighted by Crippen LogP contribution is -2.34. The first-order valence-corrected chi connectivity index (χ1v) is 6.97. The highest BCUT2D eigenvalue weighted by Crippen LogP contribution is 2.10. The van der Waals surface area contributed by atoms with Crippen molar-refractivity contribution in [1.29, 1.82) is 0 Å². The smallest absolute Gasteiger partial charge is 0.413 e. The molecule has 0 saturated heterocycles. The summed E-state index contributed by atoms with van der Waals surface area (Å²) in [5.41, 5.74) is 1.21. The van der Waals surface area contributed by atoms with Crippen LogP contribution in [0.15, 0.2) is 48.8 Å². The second-order valence-electron chi connectivity index (χ2n) is 4.48. The standard InChI is InChI=1S/C16H16N2O5/c1-2-22-16(21)17-14(19)11-23-15(20)12-5-7-13(8-6-12)18-9-3-4-10-18/h3-10H,2,11H2,1H3,(H,17,19,21). The molecule has 7 nitrogen and oxygen atoms in total. The Balaban J connectivity index is 1.86. The van der Waals surface area contributed by atoms with E-state index < -0.39 is 24.6 Å². The number of esters is 1. The maximum atomic E-state index is 11.8. The minimum atomic E-state index is -0.871. The van der Waals surface area contributed by atoms with Gasteiger partial charge in [0.15, 0.2) is 6.61 Å². The summed E-state index contributed by atoms with van der Waals surface area (Å²) in [6.45, 7) is 1.20. The normalized spacial score (nSPS) is 9.96. The van der Waals surface area contributed by atoms with Crippen molar-refractivity contribution in [3.05, 3.63) is 54.4 Å². The second kappa shape index (κ2) is 7.79. The molecule has 0 aliphatic carbocycles. The molecule has 0 atom stereocenters. The lowest BCUT2D eigenvalue weighted by molar-refractivity contribution is -0.123. The SMILES string of the molecule is CCOC(=O)NC(=O)COC(=O)c1ccc(-n2cccc2)cc1. The van der Waals surface area contributed by atoms with Crippen molar-refractivity contribution in [3.63, 3.8) is 0 Å². The van der Waals surface area contributed by atoms with Gasteiger partial charge in [-0.25, -0.2) is 9.59 Å². The van der Waals surface area contributed by atoms with Crippen LogP contribution in [0, 0.1) is 0 Å². The van der Waals surface area contributed by atoms with Crippen LogP contribution in [0.1, 0.15) is 17.3 Å². The first kappa shape index (κ1) is 16.3. The van der Waals surface area contributed by atoms with Gasteiger partial charge in [0.05, 0.1) is 12.2 Å². The topological polar surface area (TPSA) is 86.6 Å². The predicted octanol–water partition coefficient (Wildman–Crippen LogP) is 1.91. The van der Waals surface area contributed by atoms with E-state index in [0.29, 0.717) is 5.56 Å². The van der Waals surface area contributed by atoms with E-state index in [0.717, 1.165) is 5.69 Å². The van der Waals surface area contributed by atoms with E-state index in [9.17, 15) is 14.4 Å². The molecule has 1 N–H and O–H groups in total. The zero-order chi connectivity index (χ0) is 16.7. The summed E-state index contributed by atoms with van der Waals surface area (Å²) in [7, 11) is 0. The number of aromatic nitrogens is 1. The third-order valence-electron chi connectivity index (χ3n) is 2.86. The largest absolute Gasteiger partial charge is 0.452 e. The molecule has 0 radical (unpaired) electrons. The van der Waals surface area contributed by atoms with E-state index in [4.69, 9.17) is 4.74 Å². The molecular weight excluding hydrogens is 300 g/mol. The van der Waals surface area contributed by atoms with Crippen LogP contribution in [0.3, 0.4) is 0 Å². The van der Waals surface area contributed by atoms with Crippen LogP contribution in [0.5, 0.6) is 0 Å². The molecule has 0 aliphatic rings. The number of nitrogens with zero attached hydrogens (tertiary/aromatic N) is 1. The van der Waals surface area contributed by atoms with Gasteiger partial charge in [-0.1, -0.05) is 0 Å². The Labute approximate surface area is 132 Å². The zero-order valence-electron chi connectivity index (χ0n) is 12.5. The summed E-state index contributed by atoms with van der Waals surface area (Å²) < 4.78 is 11.3. The van der Waals surface area contributed by atoms with Gasteiger partial charge in [-0.3, -0.25) is 10.1 Å². The van der Waals surface area contributed by atoms with Crippen LogP contribution in [0.4, 0.5) is 4.79 Å². The van der Waals surface area contributed by atoms with Crippen molar-refractivity contribution in [2.45, 2.75) is 6.92 Å². The molecule has 2 amide bonds. The second-order valence-corrected chi connectivity index (χ2v) is 4.48. The predicted molar refractivity (Wildman–Crippen MR) is 81.2 cm³/mol.